The number of benzene rings is 3. The van der Waals surface area contributed by atoms with Crippen LogP contribution in [0.3, 0.4) is 0 Å². The lowest BCUT2D eigenvalue weighted by Gasteiger charge is -2.18. The molecule has 1 heterocycles. The first-order valence-electron chi connectivity index (χ1n) is 15.2. The molecule has 0 N–H and O–H groups in total. The standard InChI is InChI=1S/C35H37ClF3NO6/c1-5-6-7-8-9-10-11-22(2)43-34(41)45-30-18-19-40-29-20-24(12-17-27(29)30)32-23(3)33(42-4)31(21-28(32)36)44-25-13-15-26(16-14-25)46-35(37,38)39/h12-22H,5-11H2,1-4H3. The number of pyridine rings is 1. The van der Waals surface area contributed by atoms with E-state index < -0.39 is 12.5 Å². The van der Waals surface area contributed by atoms with Crippen molar-refractivity contribution in [2.24, 2.45) is 0 Å². The van der Waals surface area contributed by atoms with E-state index in [4.69, 9.17) is 30.5 Å². The zero-order valence-electron chi connectivity index (χ0n) is 26.2. The van der Waals surface area contributed by atoms with Crippen LogP contribution in [-0.2, 0) is 4.74 Å². The van der Waals surface area contributed by atoms with Gasteiger partial charge in [0, 0.05) is 34.8 Å². The van der Waals surface area contributed by atoms with Crippen molar-refractivity contribution in [1.82, 2.24) is 4.98 Å². The van der Waals surface area contributed by atoms with Crippen LogP contribution in [0.4, 0.5) is 18.0 Å². The van der Waals surface area contributed by atoms with Crippen LogP contribution < -0.4 is 18.9 Å². The summed E-state index contributed by atoms with van der Waals surface area (Å²) < 4.78 is 64.0. The van der Waals surface area contributed by atoms with Gasteiger partial charge in [0.25, 0.3) is 0 Å². The van der Waals surface area contributed by atoms with E-state index in [1.165, 1.54) is 44.9 Å². The molecule has 1 unspecified atom stereocenters. The van der Waals surface area contributed by atoms with Gasteiger partial charge in [0.1, 0.15) is 23.4 Å². The maximum absolute atomic E-state index is 12.6. The number of carbonyl (C=O) groups is 1. The normalized spacial score (nSPS) is 12.1. The van der Waals surface area contributed by atoms with Crippen molar-refractivity contribution in [1.29, 1.82) is 0 Å². The highest BCUT2D eigenvalue weighted by Crippen LogP contribution is 2.45. The molecule has 3 aromatic carbocycles. The summed E-state index contributed by atoms with van der Waals surface area (Å²) in [4.78, 5) is 17.0. The molecule has 0 spiro atoms. The molecule has 1 atom stereocenters. The fraction of sp³-hybridized carbons (Fsp3) is 0.371. The predicted octanol–water partition coefficient (Wildman–Crippen LogP) is 11.2. The maximum atomic E-state index is 12.6. The van der Waals surface area contributed by atoms with Gasteiger partial charge in [-0.2, -0.15) is 0 Å². The van der Waals surface area contributed by atoms with Crippen molar-refractivity contribution in [3.05, 3.63) is 71.4 Å². The average molecular weight is 660 g/mol. The van der Waals surface area contributed by atoms with Crippen molar-refractivity contribution in [2.45, 2.75) is 78.2 Å². The van der Waals surface area contributed by atoms with Crippen LogP contribution >= 0.6 is 11.6 Å². The third-order valence-corrected chi connectivity index (χ3v) is 7.67. The number of unbranched alkanes of at least 4 members (excludes halogenated alkanes) is 5. The molecule has 4 aromatic rings. The van der Waals surface area contributed by atoms with Crippen LogP contribution in [0.2, 0.25) is 5.02 Å². The second-order valence-corrected chi connectivity index (χ2v) is 11.3. The predicted molar refractivity (Wildman–Crippen MR) is 171 cm³/mol. The molecule has 46 heavy (non-hydrogen) atoms. The number of hydrogen-bond acceptors (Lipinski definition) is 7. The summed E-state index contributed by atoms with van der Waals surface area (Å²) >= 11 is 6.74. The molecule has 0 saturated carbocycles. The van der Waals surface area contributed by atoms with Gasteiger partial charge in [-0.3, -0.25) is 4.98 Å². The van der Waals surface area contributed by atoms with Gasteiger partial charge in [-0.25, -0.2) is 4.79 Å². The molecule has 0 radical (unpaired) electrons. The average Bonchev–Trinajstić information content (AvgIpc) is 2.99. The molecule has 0 aliphatic heterocycles. The van der Waals surface area contributed by atoms with Crippen LogP contribution in [0.5, 0.6) is 28.7 Å². The minimum Gasteiger partial charge on any atom is -0.493 e. The van der Waals surface area contributed by atoms with Crippen LogP contribution in [0.15, 0.2) is 60.8 Å². The number of fused-ring (bicyclic) bond motifs is 1. The zero-order valence-corrected chi connectivity index (χ0v) is 27.0. The topological polar surface area (TPSA) is 76.1 Å². The van der Waals surface area contributed by atoms with E-state index in [1.54, 1.807) is 24.4 Å². The van der Waals surface area contributed by atoms with Gasteiger partial charge in [-0.1, -0.05) is 56.7 Å². The summed E-state index contributed by atoms with van der Waals surface area (Å²) in [5.41, 5.74) is 2.63. The van der Waals surface area contributed by atoms with Gasteiger partial charge < -0.3 is 23.7 Å². The van der Waals surface area contributed by atoms with Crippen LogP contribution in [-0.4, -0.2) is 30.7 Å². The summed E-state index contributed by atoms with van der Waals surface area (Å²) in [5, 5.41) is 0.963. The first-order chi connectivity index (χ1) is 22.0. The molecule has 0 fully saturated rings. The number of methoxy groups -OCH3 is 1. The highest BCUT2D eigenvalue weighted by Gasteiger charge is 2.31. The largest absolute Gasteiger partial charge is 0.573 e. The fourth-order valence-electron chi connectivity index (χ4n) is 5.17. The Morgan fingerprint density at radius 2 is 1.63 bits per heavy atom. The zero-order chi connectivity index (χ0) is 33.3. The lowest BCUT2D eigenvalue weighted by Crippen LogP contribution is -2.18. The minimum absolute atomic E-state index is 0.256. The Balaban J connectivity index is 1.48. The number of halogens is 4. The molecule has 4 rings (SSSR count). The Kier molecular flexibility index (Phi) is 12.0. The third kappa shape index (κ3) is 9.42. The van der Waals surface area contributed by atoms with E-state index in [-0.39, 0.29) is 23.4 Å². The molecule has 0 aliphatic rings. The van der Waals surface area contributed by atoms with Gasteiger partial charge in [0.2, 0.25) is 0 Å². The number of alkyl halides is 3. The van der Waals surface area contributed by atoms with E-state index in [0.717, 1.165) is 37.0 Å². The highest BCUT2D eigenvalue weighted by atomic mass is 35.5. The Morgan fingerprint density at radius 3 is 2.33 bits per heavy atom. The molecule has 1 aromatic heterocycles. The van der Waals surface area contributed by atoms with Crippen molar-refractivity contribution in [2.75, 3.05) is 7.11 Å². The van der Waals surface area contributed by atoms with Crippen LogP contribution in [0, 0.1) is 6.92 Å². The highest BCUT2D eigenvalue weighted by molar-refractivity contribution is 6.34. The quantitative estimate of drug-likeness (QED) is 0.0984. The number of ether oxygens (including phenoxy) is 5. The van der Waals surface area contributed by atoms with Gasteiger partial charge in [0.05, 0.1) is 17.6 Å². The Bertz CT molecular complexity index is 1630. The summed E-state index contributed by atoms with van der Waals surface area (Å²) in [6, 6.07) is 13.6. The first-order valence-corrected chi connectivity index (χ1v) is 15.5. The van der Waals surface area contributed by atoms with Gasteiger partial charge >= 0.3 is 12.5 Å². The van der Waals surface area contributed by atoms with Gasteiger partial charge in [-0.05, 0) is 68.7 Å². The van der Waals surface area contributed by atoms with E-state index in [0.29, 0.717) is 38.6 Å². The number of rotatable bonds is 14. The number of aromatic nitrogens is 1. The van der Waals surface area contributed by atoms with E-state index in [2.05, 4.69) is 16.6 Å². The summed E-state index contributed by atoms with van der Waals surface area (Å²) in [7, 11) is 1.48. The molecule has 0 saturated heterocycles. The molecule has 11 heteroatoms. The second-order valence-electron chi connectivity index (χ2n) is 10.9. The lowest BCUT2D eigenvalue weighted by molar-refractivity contribution is -0.274. The molecular weight excluding hydrogens is 623 g/mol. The van der Waals surface area contributed by atoms with Gasteiger partial charge in [-0.15, -0.1) is 13.2 Å². The molecule has 0 bridgehead atoms. The Hall–Kier alpha value is -4.18. The van der Waals surface area contributed by atoms with E-state index in [9.17, 15) is 18.0 Å². The Morgan fingerprint density at radius 1 is 0.935 bits per heavy atom. The Labute approximate surface area is 271 Å². The minimum atomic E-state index is -4.80. The van der Waals surface area contributed by atoms with Crippen LogP contribution in [0.25, 0.3) is 22.0 Å². The van der Waals surface area contributed by atoms with Crippen molar-refractivity contribution in [3.63, 3.8) is 0 Å². The molecule has 246 valence electrons. The fourth-order valence-corrected chi connectivity index (χ4v) is 5.52. The summed E-state index contributed by atoms with van der Waals surface area (Å²) in [5.74, 6) is 0.873. The smallest absolute Gasteiger partial charge is 0.493 e. The van der Waals surface area contributed by atoms with Crippen molar-refractivity contribution < 1.29 is 41.7 Å². The molecule has 0 amide bonds. The lowest BCUT2D eigenvalue weighted by atomic mass is 9.97. The molecule has 0 aliphatic carbocycles. The number of hydrogen-bond donors (Lipinski definition) is 0. The SMILES string of the molecule is CCCCCCCCC(C)OC(=O)Oc1ccnc2cc(-c3c(Cl)cc(Oc4ccc(OC(F)(F)F)cc4)c(OC)c3C)ccc12. The third-order valence-electron chi connectivity index (χ3n) is 7.37. The molecular formula is C35H37ClF3NO6. The van der Waals surface area contributed by atoms with Crippen molar-refractivity contribution in [3.8, 4) is 39.9 Å². The summed E-state index contributed by atoms with van der Waals surface area (Å²) in [6.45, 7) is 5.87. The second kappa shape index (κ2) is 15.9. The van der Waals surface area contributed by atoms with E-state index in [1.807, 2.05) is 26.0 Å². The van der Waals surface area contributed by atoms with E-state index >= 15 is 0 Å². The van der Waals surface area contributed by atoms with Crippen molar-refractivity contribution >= 4 is 28.7 Å². The van der Waals surface area contributed by atoms with Crippen LogP contribution in [0.1, 0.15) is 64.4 Å². The monoisotopic (exact) mass is 659 g/mol. The number of nitrogens with zero attached hydrogens (tertiary/aromatic N) is 1. The molecule has 7 nitrogen and oxygen atoms in total. The summed E-state index contributed by atoms with van der Waals surface area (Å²) in [6.07, 6.45) is 3.48. The number of carbonyl (C=O) groups excluding carboxylic acids is 1. The maximum Gasteiger partial charge on any atom is 0.573 e. The van der Waals surface area contributed by atoms with Gasteiger partial charge in [0.15, 0.2) is 11.5 Å². The first kappa shape index (κ1) is 34.7.